The molecule has 0 spiro atoms. The van der Waals surface area contributed by atoms with Crippen LogP contribution in [-0.4, -0.2) is 46.0 Å². The number of nitrogens with zero attached hydrogens (tertiary/aromatic N) is 3. The molecule has 3 rings (SSSR count). The van der Waals surface area contributed by atoms with Crippen molar-refractivity contribution in [3.63, 3.8) is 0 Å². The minimum atomic E-state index is -0.516. The predicted molar refractivity (Wildman–Crippen MR) is 115 cm³/mol. The van der Waals surface area contributed by atoms with Crippen molar-refractivity contribution in [2.45, 2.75) is 19.8 Å². The fraction of sp³-hybridized carbons (Fsp3) is 0.273. The number of aromatic nitrogens is 2. The number of rotatable bonds is 9. The molecule has 0 saturated carbocycles. The third-order valence-corrected chi connectivity index (χ3v) is 4.76. The number of pyridine rings is 2. The number of ether oxygens (including phenoxy) is 2. The zero-order chi connectivity index (χ0) is 21.5. The van der Waals surface area contributed by atoms with Crippen molar-refractivity contribution >= 4 is 11.6 Å². The molecule has 8 heteroatoms. The Morgan fingerprint density at radius 3 is 2.53 bits per heavy atom. The average molecular weight is 430 g/mol. The molecule has 0 radical (unpaired) electrons. The van der Waals surface area contributed by atoms with E-state index in [-0.39, 0.29) is 12.2 Å². The molecule has 158 valence electrons. The monoisotopic (exact) mass is 429 g/mol. The summed E-state index contributed by atoms with van der Waals surface area (Å²) in [5, 5.41) is 10.0. The summed E-state index contributed by atoms with van der Waals surface area (Å²) in [6.07, 6.45) is 2.70. The van der Waals surface area contributed by atoms with Gasteiger partial charge >= 0.3 is 0 Å². The largest absolute Gasteiger partial charge is 0.492 e. The Balaban J connectivity index is 1.59. The molecule has 0 aliphatic rings. The lowest BCUT2D eigenvalue weighted by atomic mass is 10.3. The normalized spacial score (nSPS) is 12.0. The van der Waals surface area contributed by atoms with Crippen LogP contribution in [0.2, 0.25) is 5.02 Å². The highest BCUT2D eigenvalue weighted by molar-refractivity contribution is 6.30. The Morgan fingerprint density at radius 1 is 1.13 bits per heavy atom. The molecule has 0 amide bonds. The number of aliphatic hydroxyl groups excluding tert-OH is 1. The van der Waals surface area contributed by atoms with Gasteiger partial charge in [-0.05, 0) is 56.4 Å². The SMILES string of the molecule is CC(O)N(C)CCOc1ccc(-n2ccc(OCc3ccc(Cl)cn3)cc2=O)cc1. The maximum Gasteiger partial charge on any atom is 0.258 e. The van der Waals surface area contributed by atoms with Gasteiger partial charge in [0.2, 0.25) is 0 Å². The van der Waals surface area contributed by atoms with Gasteiger partial charge in [-0.25, -0.2) is 0 Å². The summed E-state index contributed by atoms with van der Waals surface area (Å²) in [5.74, 6) is 1.16. The lowest BCUT2D eigenvalue weighted by Crippen LogP contribution is -2.32. The summed E-state index contributed by atoms with van der Waals surface area (Å²) in [4.78, 5) is 18.4. The molecule has 2 aromatic heterocycles. The van der Waals surface area contributed by atoms with Gasteiger partial charge in [0.05, 0.1) is 10.7 Å². The van der Waals surface area contributed by atoms with E-state index in [1.54, 1.807) is 54.5 Å². The molecule has 3 aromatic rings. The molecular formula is C22H24ClN3O4. The van der Waals surface area contributed by atoms with Crippen molar-refractivity contribution in [3.05, 3.63) is 82.0 Å². The zero-order valence-corrected chi connectivity index (χ0v) is 17.6. The molecule has 0 fully saturated rings. The highest BCUT2D eigenvalue weighted by Gasteiger charge is 2.06. The lowest BCUT2D eigenvalue weighted by molar-refractivity contribution is 0.0301. The van der Waals surface area contributed by atoms with Crippen LogP contribution in [0.1, 0.15) is 12.6 Å². The van der Waals surface area contributed by atoms with Gasteiger partial charge in [-0.1, -0.05) is 11.6 Å². The van der Waals surface area contributed by atoms with Crippen molar-refractivity contribution in [1.82, 2.24) is 14.5 Å². The number of benzene rings is 1. The molecule has 1 unspecified atom stereocenters. The van der Waals surface area contributed by atoms with Crippen LogP contribution in [0.15, 0.2) is 65.7 Å². The van der Waals surface area contributed by atoms with Crippen LogP contribution in [0.25, 0.3) is 5.69 Å². The van der Waals surface area contributed by atoms with Crippen molar-refractivity contribution in [2.75, 3.05) is 20.2 Å². The van der Waals surface area contributed by atoms with Crippen molar-refractivity contribution in [2.24, 2.45) is 0 Å². The van der Waals surface area contributed by atoms with Crippen LogP contribution < -0.4 is 15.0 Å². The lowest BCUT2D eigenvalue weighted by Gasteiger charge is -2.19. The van der Waals surface area contributed by atoms with E-state index >= 15 is 0 Å². The topological polar surface area (TPSA) is 76.8 Å². The van der Waals surface area contributed by atoms with Gasteiger partial charge in [0.15, 0.2) is 0 Å². The highest BCUT2D eigenvalue weighted by atomic mass is 35.5. The number of likely N-dealkylation sites (N-methyl/N-ethyl adjacent to an activating group) is 1. The fourth-order valence-electron chi connectivity index (χ4n) is 2.61. The molecule has 30 heavy (non-hydrogen) atoms. The van der Waals surface area contributed by atoms with E-state index in [9.17, 15) is 9.90 Å². The first-order chi connectivity index (χ1) is 14.4. The summed E-state index contributed by atoms with van der Waals surface area (Å²) < 4.78 is 12.8. The van der Waals surface area contributed by atoms with Gasteiger partial charge in [-0.2, -0.15) is 0 Å². The first-order valence-corrected chi connectivity index (χ1v) is 9.87. The third kappa shape index (κ3) is 6.06. The quantitative estimate of drug-likeness (QED) is 0.527. The van der Waals surface area contributed by atoms with Crippen LogP contribution in [0.3, 0.4) is 0 Å². The Kier molecular flexibility index (Phi) is 7.46. The maximum atomic E-state index is 12.5. The Bertz CT molecular complexity index is 1000. The van der Waals surface area contributed by atoms with Crippen LogP contribution in [-0.2, 0) is 6.61 Å². The van der Waals surface area contributed by atoms with Crippen LogP contribution in [0.5, 0.6) is 11.5 Å². The minimum Gasteiger partial charge on any atom is -0.492 e. The van der Waals surface area contributed by atoms with Gasteiger partial charge in [0.25, 0.3) is 5.56 Å². The molecular weight excluding hydrogens is 406 g/mol. The van der Waals surface area contributed by atoms with E-state index < -0.39 is 6.23 Å². The summed E-state index contributed by atoms with van der Waals surface area (Å²) >= 11 is 5.82. The van der Waals surface area contributed by atoms with Crippen LogP contribution in [0.4, 0.5) is 0 Å². The number of hydrogen-bond acceptors (Lipinski definition) is 6. The van der Waals surface area contributed by atoms with Crippen LogP contribution >= 0.6 is 11.6 Å². The Labute approximate surface area is 180 Å². The molecule has 1 N–H and O–H groups in total. The van der Waals surface area contributed by atoms with E-state index in [1.165, 1.54) is 10.6 Å². The second-order valence-corrected chi connectivity index (χ2v) is 7.22. The Hall–Kier alpha value is -2.87. The van der Waals surface area contributed by atoms with Gasteiger partial charge in [0, 0.05) is 30.7 Å². The van der Waals surface area contributed by atoms with E-state index in [4.69, 9.17) is 21.1 Å². The molecule has 7 nitrogen and oxygen atoms in total. The second kappa shape index (κ2) is 10.2. The van der Waals surface area contributed by atoms with Gasteiger partial charge in [0.1, 0.15) is 30.9 Å². The zero-order valence-electron chi connectivity index (χ0n) is 16.9. The summed E-state index contributed by atoms with van der Waals surface area (Å²) in [5.41, 5.74) is 1.24. The van der Waals surface area contributed by atoms with E-state index in [0.29, 0.717) is 29.7 Å². The predicted octanol–water partition coefficient (Wildman–Crippen LogP) is 3.11. The third-order valence-electron chi connectivity index (χ3n) is 4.53. The molecule has 0 aliphatic carbocycles. The molecule has 0 aliphatic heterocycles. The number of aliphatic hydroxyl groups is 1. The van der Waals surface area contributed by atoms with E-state index in [0.717, 1.165) is 11.4 Å². The standard InChI is InChI=1S/C22H24ClN3O4/c1-16(27)25(2)11-12-29-20-7-5-19(6-8-20)26-10-9-21(13-22(26)28)30-15-18-4-3-17(23)14-24-18/h3-10,13-14,16,27H,11-12,15H2,1-2H3. The van der Waals surface area contributed by atoms with Crippen molar-refractivity contribution < 1.29 is 14.6 Å². The average Bonchev–Trinajstić information content (AvgIpc) is 2.74. The molecule has 0 saturated heterocycles. The Morgan fingerprint density at radius 2 is 1.90 bits per heavy atom. The molecule has 2 heterocycles. The fourth-order valence-corrected chi connectivity index (χ4v) is 2.72. The van der Waals surface area contributed by atoms with E-state index in [1.807, 2.05) is 19.2 Å². The molecule has 0 bridgehead atoms. The second-order valence-electron chi connectivity index (χ2n) is 6.78. The summed E-state index contributed by atoms with van der Waals surface area (Å²) in [6, 6.07) is 13.9. The smallest absolute Gasteiger partial charge is 0.258 e. The summed E-state index contributed by atoms with van der Waals surface area (Å²) in [7, 11) is 1.82. The van der Waals surface area contributed by atoms with Gasteiger partial charge in [-0.15, -0.1) is 0 Å². The molecule has 1 atom stereocenters. The summed E-state index contributed by atoms with van der Waals surface area (Å²) in [6.45, 7) is 3.01. The number of hydrogen-bond donors (Lipinski definition) is 1. The van der Waals surface area contributed by atoms with Crippen LogP contribution in [0, 0.1) is 0 Å². The maximum absolute atomic E-state index is 12.5. The highest BCUT2D eigenvalue weighted by Crippen LogP contribution is 2.16. The van der Waals surface area contributed by atoms with Gasteiger partial charge in [-0.3, -0.25) is 19.2 Å². The molecule has 1 aromatic carbocycles. The van der Waals surface area contributed by atoms with Gasteiger partial charge < -0.3 is 14.6 Å². The first-order valence-electron chi connectivity index (χ1n) is 9.50. The number of halogens is 1. The van der Waals surface area contributed by atoms with Crippen molar-refractivity contribution in [1.29, 1.82) is 0 Å². The minimum absolute atomic E-state index is 0.205. The van der Waals surface area contributed by atoms with E-state index in [2.05, 4.69) is 4.98 Å². The first kappa shape index (κ1) is 21.8. The van der Waals surface area contributed by atoms with Crippen molar-refractivity contribution in [3.8, 4) is 17.2 Å².